The van der Waals surface area contributed by atoms with Gasteiger partial charge in [-0.15, -0.1) is 0 Å². The second kappa shape index (κ2) is 9.31. The van der Waals surface area contributed by atoms with Crippen LogP contribution in [0.25, 0.3) is 0 Å². The molecule has 1 heterocycles. The molecular weight excluding hydrogens is 330 g/mol. The van der Waals surface area contributed by atoms with Gasteiger partial charge >= 0.3 is 11.8 Å². The Kier molecular flexibility index (Phi) is 6.82. The summed E-state index contributed by atoms with van der Waals surface area (Å²) >= 11 is 0. The fraction of sp³-hybridized carbons (Fsp3) is 0.235. The molecule has 0 radical (unpaired) electrons. The Labute approximate surface area is 143 Å². The number of rotatable bonds is 7. The monoisotopic (exact) mass is 348 g/mol. The van der Waals surface area contributed by atoms with E-state index in [1.165, 1.54) is 0 Å². The number of nitrogens with zero attached hydrogens (tertiary/aromatic N) is 1. The average molecular weight is 348 g/mol. The van der Waals surface area contributed by atoms with Gasteiger partial charge in [-0.2, -0.15) is 0 Å². The molecule has 2 rings (SSSR count). The summed E-state index contributed by atoms with van der Waals surface area (Å²) in [7, 11) is 0. The van der Waals surface area contributed by atoms with Crippen molar-refractivity contribution in [2.24, 2.45) is 0 Å². The van der Waals surface area contributed by atoms with E-state index in [1.54, 1.807) is 6.20 Å². The van der Waals surface area contributed by atoms with E-state index in [0.717, 1.165) is 24.4 Å². The van der Waals surface area contributed by atoms with E-state index in [2.05, 4.69) is 20.9 Å². The third-order valence-electron chi connectivity index (χ3n) is 3.19. The first-order valence-corrected chi connectivity index (χ1v) is 7.75. The van der Waals surface area contributed by atoms with Crippen molar-refractivity contribution in [2.75, 3.05) is 23.7 Å². The van der Waals surface area contributed by atoms with E-state index in [9.17, 15) is 18.4 Å². The van der Waals surface area contributed by atoms with Crippen molar-refractivity contribution in [1.29, 1.82) is 0 Å². The molecule has 6 nitrogen and oxygen atoms in total. The van der Waals surface area contributed by atoms with Gasteiger partial charge in [0.25, 0.3) is 0 Å². The normalized spacial score (nSPS) is 10.2. The molecule has 132 valence electrons. The van der Waals surface area contributed by atoms with Gasteiger partial charge in [0.2, 0.25) is 0 Å². The number of halogens is 2. The van der Waals surface area contributed by atoms with Gasteiger partial charge in [-0.25, -0.2) is 13.8 Å². The first kappa shape index (κ1) is 18.3. The number of nitrogens with one attached hydrogen (secondary N) is 3. The molecule has 1 aromatic heterocycles. The van der Waals surface area contributed by atoms with Crippen LogP contribution in [-0.4, -0.2) is 29.9 Å². The fourth-order valence-corrected chi connectivity index (χ4v) is 2.03. The summed E-state index contributed by atoms with van der Waals surface area (Å²) in [4.78, 5) is 27.4. The van der Waals surface area contributed by atoms with Crippen LogP contribution in [-0.2, 0) is 9.59 Å². The topological polar surface area (TPSA) is 83.1 Å². The standard InChI is InChI=1S/C17H18F2N4O2/c18-12-9-13(19)11-14(10-12)23-17(25)16(24)22-8-4-3-7-21-15-5-1-2-6-20-15/h1-2,5-6,9-11H,3-4,7-8H2,(H,20,21)(H,22,24)(H,23,25). The molecule has 0 aliphatic carbocycles. The summed E-state index contributed by atoms with van der Waals surface area (Å²) in [6.45, 7) is 0.995. The smallest absolute Gasteiger partial charge is 0.313 e. The average Bonchev–Trinajstić information content (AvgIpc) is 2.57. The van der Waals surface area contributed by atoms with E-state index in [1.807, 2.05) is 18.2 Å². The van der Waals surface area contributed by atoms with Crippen LogP contribution in [0.1, 0.15) is 12.8 Å². The highest BCUT2D eigenvalue weighted by Crippen LogP contribution is 2.12. The molecule has 2 amide bonds. The minimum atomic E-state index is -0.975. The number of amides is 2. The number of hydrogen-bond acceptors (Lipinski definition) is 4. The fourth-order valence-electron chi connectivity index (χ4n) is 2.03. The zero-order valence-electron chi connectivity index (χ0n) is 13.4. The van der Waals surface area contributed by atoms with Crippen molar-refractivity contribution < 1.29 is 18.4 Å². The Morgan fingerprint density at radius 1 is 0.960 bits per heavy atom. The molecule has 3 N–H and O–H groups in total. The lowest BCUT2D eigenvalue weighted by molar-refractivity contribution is -0.136. The lowest BCUT2D eigenvalue weighted by Crippen LogP contribution is -2.36. The highest BCUT2D eigenvalue weighted by Gasteiger charge is 2.13. The van der Waals surface area contributed by atoms with Gasteiger partial charge in [-0.1, -0.05) is 6.07 Å². The van der Waals surface area contributed by atoms with Crippen molar-refractivity contribution in [3.63, 3.8) is 0 Å². The quantitative estimate of drug-likeness (QED) is 0.530. The highest BCUT2D eigenvalue weighted by molar-refractivity contribution is 6.39. The highest BCUT2D eigenvalue weighted by atomic mass is 19.1. The Hall–Kier alpha value is -3.03. The lowest BCUT2D eigenvalue weighted by atomic mass is 10.3. The van der Waals surface area contributed by atoms with Crippen LogP contribution >= 0.6 is 0 Å². The van der Waals surface area contributed by atoms with Crippen molar-refractivity contribution in [3.8, 4) is 0 Å². The summed E-state index contributed by atoms with van der Waals surface area (Å²) in [5, 5.41) is 7.72. The van der Waals surface area contributed by atoms with Gasteiger partial charge in [0, 0.05) is 31.0 Å². The molecule has 0 unspecified atom stereocenters. The Morgan fingerprint density at radius 2 is 1.68 bits per heavy atom. The molecule has 0 spiro atoms. The van der Waals surface area contributed by atoms with Crippen LogP contribution in [0.4, 0.5) is 20.3 Å². The number of pyridine rings is 1. The molecule has 0 bridgehead atoms. The van der Waals surface area contributed by atoms with Crippen LogP contribution in [0, 0.1) is 11.6 Å². The molecule has 0 fully saturated rings. The van der Waals surface area contributed by atoms with E-state index in [0.29, 0.717) is 25.6 Å². The van der Waals surface area contributed by atoms with Crippen molar-refractivity contribution in [1.82, 2.24) is 10.3 Å². The largest absolute Gasteiger partial charge is 0.370 e. The van der Waals surface area contributed by atoms with Crippen LogP contribution in [0.2, 0.25) is 0 Å². The molecule has 0 aliphatic heterocycles. The Morgan fingerprint density at radius 3 is 2.36 bits per heavy atom. The first-order chi connectivity index (χ1) is 12.0. The molecule has 0 atom stereocenters. The minimum absolute atomic E-state index is 0.114. The summed E-state index contributed by atoms with van der Waals surface area (Å²) in [6, 6.07) is 8.08. The molecule has 0 saturated carbocycles. The Balaban J connectivity index is 1.63. The molecule has 25 heavy (non-hydrogen) atoms. The summed E-state index contributed by atoms with van der Waals surface area (Å²) in [5.74, 6) is -2.74. The number of carbonyl (C=O) groups is 2. The molecule has 1 aromatic carbocycles. The van der Waals surface area contributed by atoms with Gasteiger partial charge in [-0.05, 0) is 37.1 Å². The molecule has 8 heteroatoms. The van der Waals surface area contributed by atoms with Gasteiger partial charge in [0.05, 0.1) is 0 Å². The number of carbonyl (C=O) groups excluding carboxylic acids is 2. The van der Waals surface area contributed by atoms with Gasteiger partial charge in [0.15, 0.2) is 0 Å². The number of benzene rings is 1. The third kappa shape index (κ3) is 6.54. The van der Waals surface area contributed by atoms with Crippen molar-refractivity contribution >= 4 is 23.3 Å². The SMILES string of the molecule is O=C(NCCCCNc1ccccn1)C(=O)Nc1cc(F)cc(F)c1. The molecule has 0 aliphatic rings. The predicted octanol–water partition coefficient (Wildman–Crippen LogP) is 2.31. The van der Waals surface area contributed by atoms with Gasteiger partial charge < -0.3 is 16.0 Å². The number of unbranched alkanes of at least 4 members (excludes halogenated alkanes) is 1. The number of anilines is 2. The predicted molar refractivity (Wildman–Crippen MR) is 90.0 cm³/mol. The number of aromatic nitrogens is 1. The van der Waals surface area contributed by atoms with E-state index < -0.39 is 23.4 Å². The maximum atomic E-state index is 13.0. The molecule has 2 aromatic rings. The second-order valence-corrected chi connectivity index (χ2v) is 5.22. The van der Waals surface area contributed by atoms with Crippen LogP contribution in [0.15, 0.2) is 42.6 Å². The lowest BCUT2D eigenvalue weighted by Gasteiger charge is -2.07. The van der Waals surface area contributed by atoms with E-state index in [4.69, 9.17) is 0 Å². The van der Waals surface area contributed by atoms with Crippen LogP contribution in [0.3, 0.4) is 0 Å². The maximum Gasteiger partial charge on any atom is 0.313 e. The zero-order chi connectivity index (χ0) is 18.1. The molecular formula is C17H18F2N4O2. The van der Waals surface area contributed by atoms with Crippen LogP contribution < -0.4 is 16.0 Å². The van der Waals surface area contributed by atoms with E-state index in [-0.39, 0.29) is 5.69 Å². The third-order valence-corrected chi connectivity index (χ3v) is 3.19. The van der Waals surface area contributed by atoms with Gasteiger partial charge in [-0.3, -0.25) is 9.59 Å². The van der Waals surface area contributed by atoms with Crippen LogP contribution in [0.5, 0.6) is 0 Å². The van der Waals surface area contributed by atoms with Crippen molar-refractivity contribution in [3.05, 3.63) is 54.2 Å². The van der Waals surface area contributed by atoms with E-state index >= 15 is 0 Å². The minimum Gasteiger partial charge on any atom is -0.370 e. The maximum absolute atomic E-state index is 13.0. The zero-order valence-corrected chi connectivity index (χ0v) is 13.4. The summed E-state index contributed by atoms with van der Waals surface area (Å²) in [6.07, 6.45) is 3.12. The summed E-state index contributed by atoms with van der Waals surface area (Å²) < 4.78 is 26.0. The first-order valence-electron chi connectivity index (χ1n) is 7.75. The second-order valence-electron chi connectivity index (χ2n) is 5.22. The van der Waals surface area contributed by atoms with Crippen molar-refractivity contribution in [2.45, 2.75) is 12.8 Å². The number of hydrogen-bond donors (Lipinski definition) is 3. The Bertz CT molecular complexity index is 706. The summed E-state index contributed by atoms with van der Waals surface area (Å²) in [5.41, 5.74) is -0.114. The molecule has 0 saturated heterocycles. The van der Waals surface area contributed by atoms with Gasteiger partial charge in [0.1, 0.15) is 17.5 Å².